The van der Waals surface area contributed by atoms with E-state index < -0.39 is 0 Å². The summed E-state index contributed by atoms with van der Waals surface area (Å²) in [5.41, 5.74) is 6.83. The molecule has 6 nitrogen and oxygen atoms in total. The fourth-order valence-electron chi connectivity index (χ4n) is 4.08. The highest BCUT2D eigenvalue weighted by Gasteiger charge is 2.26. The molecule has 0 atom stereocenters. The Labute approximate surface area is 171 Å². The van der Waals surface area contributed by atoms with Gasteiger partial charge in [-0.15, -0.1) is 12.4 Å². The van der Waals surface area contributed by atoms with Gasteiger partial charge in [-0.2, -0.15) is 4.98 Å². The summed E-state index contributed by atoms with van der Waals surface area (Å²) in [7, 11) is 1.74. The number of hydrogen-bond donors (Lipinski definition) is 1. The number of methoxy groups -OCH3 is 1. The molecule has 1 aliphatic carbocycles. The average Bonchev–Trinajstić information content (AvgIpc) is 3.39. The van der Waals surface area contributed by atoms with Crippen LogP contribution in [0.4, 0.5) is 0 Å². The maximum absolute atomic E-state index is 5.70. The number of benzene rings is 2. The lowest BCUT2D eigenvalue weighted by atomic mass is 10.0. The molecule has 1 fully saturated rings. The van der Waals surface area contributed by atoms with Crippen LogP contribution >= 0.6 is 12.4 Å². The molecule has 0 aliphatic heterocycles. The van der Waals surface area contributed by atoms with Crippen molar-refractivity contribution in [3.63, 3.8) is 0 Å². The Morgan fingerprint density at radius 1 is 1.14 bits per heavy atom. The van der Waals surface area contributed by atoms with Gasteiger partial charge >= 0.3 is 0 Å². The first-order chi connectivity index (χ1) is 13.3. The van der Waals surface area contributed by atoms with Crippen LogP contribution in [0.1, 0.15) is 43.0 Å². The Morgan fingerprint density at radius 3 is 2.64 bits per heavy atom. The summed E-state index contributed by atoms with van der Waals surface area (Å²) in [5, 5.41) is 6.56. The van der Waals surface area contributed by atoms with Gasteiger partial charge in [0.05, 0.1) is 20.2 Å². The quantitative estimate of drug-likeness (QED) is 0.642. The molecule has 1 heterocycles. The van der Waals surface area contributed by atoms with Crippen LogP contribution in [0.3, 0.4) is 0 Å². The molecular weight excluding hydrogens is 376 g/mol. The van der Waals surface area contributed by atoms with Crippen molar-refractivity contribution < 1.29 is 9.26 Å². The van der Waals surface area contributed by atoms with E-state index in [2.05, 4.69) is 51.4 Å². The van der Waals surface area contributed by atoms with Gasteiger partial charge in [0.25, 0.3) is 0 Å². The standard InChI is InChI=1S/C21H26N4O2.ClH/c1-26-19-11-10-15-6-2-5-9-17(15)18(19)13-25(16-7-3-4-8-16)14-20-23-21(12-22)27-24-20;/h2,5-6,9-11,16H,3-4,7-8,12-14,22H2,1H3;1H. The second-order valence-corrected chi connectivity index (χ2v) is 7.12. The number of aromatic nitrogens is 2. The van der Waals surface area contributed by atoms with Gasteiger partial charge in [-0.25, -0.2) is 0 Å². The number of hydrogen-bond acceptors (Lipinski definition) is 6. The SMILES string of the molecule is COc1ccc2ccccc2c1CN(Cc1noc(CN)n1)C1CCCC1.Cl. The Morgan fingerprint density at radius 2 is 1.93 bits per heavy atom. The van der Waals surface area contributed by atoms with Crippen molar-refractivity contribution >= 4 is 23.2 Å². The van der Waals surface area contributed by atoms with E-state index in [4.69, 9.17) is 15.0 Å². The predicted molar refractivity (Wildman–Crippen MR) is 111 cm³/mol. The van der Waals surface area contributed by atoms with Crippen LogP contribution in [-0.2, 0) is 19.6 Å². The lowest BCUT2D eigenvalue weighted by Gasteiger charge is -2.28. The fraction of sp³-hybridized carbons (Fsp3) is 0.429. The summed E-state index contributed by atoms with van der Waals surface area (Å²) in [6.45, 7) is 1.72. The van der Waals surface area contributed by atoms with E-state index in [0.29, 0.717) is 24.3 Å². The van der Waals surface area contributed by atoms with Crippen LogP contribution in [0.15, 0.2) is 40.9 Å². The second kappa shape index (κ2) is 9.37. The van der Waals surface area contributed by atoms with Crippen molar-refractivity contribution in [2.75, 3.05) is 7.11 Å². The lowest BCUT2D eigenvalue weighted by Crippen LogP contribution is -2.33. The smallest absolute Gasteiger partial charge is 0.240 e. The summed E-state index contributed by atoms with van der Waals surface area (Å²) >= 11 is 0. The summed E-state index contributed by atoms with van der Waals surface area (Å²) in [6.07, 6.45) is 4.95. The minimum atomic E-state index is 0. The third-order valence-electron chi connectivity index (χ3n) is 5.45. The zero-order valence-electron chi connectivity index (χ0n) is 16.1. The van der Waals surface area contributed by atoms with Crippen LogP contribution < -0.4 is 10.5 Å². The molecule has 0 unspecified atom stereocenters. The minimum Gasteiger partial charge on any atom is -0.496 e. The number of halogens is 1. The van der Waals surface area contributed by atoms with Crippen LogP contribution in [0.2, 0.25) is 0 Å². The number of nitrogens with two attached hydrogens (primary N) is 1. The topological polar surface area (TPSA) is 77.4 Å². The van der Waals surface area contributed by atoms with E-state index in [1.807, 2.05) is 0 Å². The fourth-order valence-corrected chi connectivity index (χ4v) is 4.08. The molecule has 1 aliphatic rings. The molecule has 150 valence electrons. The van der Waals surface area contributed by atoms with Crippen LogP contribution in [0, 0.1) is 0 Å². The average molecular weight is 403 g/mol. The summed E-state index contributed by atoms with van der Waals surface area (Å²) in [6, 6.07) is 13.2. The third kappa shape index (κ3) is 4.29. The Kier molecular flexibility index (Phi) is 6.88. The van der Waals surface area contributed by atoms with E-state index in [1.165, 1.54) is 42.0 Å². The number of nitrogens with zero attached hydrogens (tertiary/aromatic N) is 3. The summed E-state index contributed by atoms with van der Waals surface area (Å²) in [5.74, 6) is 2.10. The third-order valence-corrected chi connectivity index (χ3v) is 5.45. The van der Waals surface area contributed by atoms with Crippen molar-refractivity contribution in [2.24, 2.45) is 5.73 Å². The van der Waals surface area contributed by atoms with Gasteiger partial charge in [0.2, 0.25) is 5.89 Å². The minimum absolute atomic E-state index is 0. The zero-order valence-corrected chi connectivity index (χ0v) is 17.0. The molecule has 0 saturated heterocycles. The predicted octanol–water partition coefficient (Wildman–Crippen LogP) is 4.06. The summed E-state index contributed by atoms with van der Waals surface area (Å²) in [4.78, 5) is 6.87. The van der Waals surface area contributed by atoms with Crippen molar-refractivity contribution in [2.45, 2.75) is 51.4 Å². The van der Waals surface area contributed by atoms with Crippen molar-refractivity contribution in [1.82, 2.24) is 15.0 Å². The van der Waals surface area contributed by atoms with E-state index in [0.717, 1.165) is 12.3 Å². The maximum Gasteiger partial charge on any atom is 0.240 e. The maximum atomic E-state index is 5.70. The molecule has 1 aromatic heterocycles. The normalized spacial score (nSPS) is 14.5. The monoisotopic (exact) mass is 402 g/mol. The number of ether oxygens (including phenoxy) is 1. The number of fused-ring (bicyclic) bond motifs is 1. The van der Waals surface area contributed by atoms with Gasteiger partial charge in [0, 0.05) is 18.2 Å². The highest BCUT2D eigenvalue weighted by Crippen LogP contribution is 2.32. The van der Waals surface area contributed by atoms with Crippen molar-refractivity contribution in [3.05, 3.63) is 53.7 Å². The molecule has 0 amide bonds. The van der Waals surface area contributed by atoms with Crippen LogP contribution in [0.5, 0.6) is 5.75 Å². The first kappa shape index (κ1) is 20.6. The zero-order chi connectivity index (χ0) is 18.6. The van der Waals surface area contributed by atoms with Crippen LogP contribution in [-0.4, -0.2) is 28.2 Å². The molecule has 0 bridgehead atoms. The molecule has 2 aromatic carbocycles. The first-order valence-electron chi connectivity index (χ1n) is 9.58. The first-order valence-corrected chi connectivity index (χ1v) is 9.58. The van der Waals surface area contributed by atoms with Crippen molar-refractivity contribution in [3.8, 4) is 5.75 Å². The molecule has 4 rings (SSSR count). The highest BCUT2D eigenvalue weighted by atomic mass is 35.5. The highest BCUT2D eigenvalue weighted by molar-refractivity contribution is 5.87. The lowest BCUT2D eigenvalue weighted by molar-refractivity contribution is 0.172. The van der Waals surface area contributed by atoms with Gasteiger partial charge in [0.1, 0.15) is 5.75 Å². The van der Waals surface area contributed by atoms with E-state index in [-0.39, 0.29) is 19.0 Å². The number of rotatable bonds is 7. The van der Waals surface area contributed by atoms with Gasteiger partial charge in [-0.05, 0) is 29.7 Å². The van der Waals surface area contributed by atoms with Crippen LogP contribution in [0.25, 0.3) is 10.8 Å². The van der Waals surface area contributed by atoms with Gasteiger partial charge in [-0.3, -0.25) is 4.90 Å². The Bertz CT molecular complexity index is 908. The molecular formula is C21H27ClN4O2. The molecule has 0 spiro atoms. The Balaban J connectivity index is 0.00000225. The molecule has 2 N–H and O–H groups in total. The molecule has 0 radical (unpaired) electrons. The largest absolute Gasteiger partial charge is 0.496 e. The van der Waals surface area contributed by atoms with E-state index in [9.17, 15) is 0 Å². The van der Waals surface area contributed by atoms with Gasteiger partial charge in [-0.1, -0.05) is 48.3 Å². The summed E-state index contributed by atoms with van der Waals surface area (Å²) < 4.78 is 10.9. The van der Waals surface area contributed by atoms with E-state index >= 15 is 0 Å². The van der Waals surface area contributed by atoms with Gasteiger partial charge < -0.3 is 15.0 Å². The molecule has 3 aromatic rings. The second-order valence-electron chi connectivity index (χ2n) is 7.12. The molecule has 28 heavy (non-hydrogen) atoms. The molecule has 7 heteroatoms. The van der Waals surface area contributed by atoms with Gasteiger partial charge in [0.15, 0.2) is 5.82 Å². The Hall–Kier alpha value is -2.15. The van der Waals surface area contributed by atoms with Crippen molar-refractivity contribution in [1.29, 1.82) is 0 Å². The molecule has 1 saturated carbocycles. The van der Waals surface area contributed by atoms with E-state index in [1.54, 1.807) is 7.11 Å².